The van der Waals surface area contributed by atoms with Gasteiger partial charge in [0.05, 0.1) is 30.1 Å². The molecule has 1 rings (SSSR count). The van der Waals surface area contributed by atoms with Gasteiger partial charge in [-0.05, 0) is 33.3 Å². The number of nitrogens with zero attached hydrogens (tertiary/aromatic N) is 1. The predicted molar refractivity (Wildman–Crippen MR) is 79.2 cm³/mol. The fourth-order valence-electron chi connectivity index (χ4n) is 1.80. The van der Waals surface area contributed by atoms with E-state index in [1.807, 2.05) is 19.1 Å². The lowest BCUT2D eigenvalue weighted by Gasteiger charge is -2.15. The fraction of sp³-hybridized carbons (Fsp3) is 0.533. The van der Waals surface area contributed by atoms with E-state index in [9.17, 15) is 8.42 Å². The fourth-order valence-corrected chi connectivity index (χ4v) is 3.46. The Morgan fingerprint density at radius 1 is 1.35 bits per heavy atom. The third-order valence-corrected chi connectivity index (χ3v) is 4.73. The number of rotatable bonds is 6. The molecule has 0 aromatic heterocycles. The predicted octanol–water partition coefficient (Wildman–Crippen LogP) is 2.86. The Morgan fingerprint density at radius 2 is 2.00 bits per heavy atom. The van der Waals surface area contributed by atoms with Crippen LogP contribution >= 0.6 is 0 Å². The second-order valence-electron chi connectivity index (χ2n) is 5.65. The minimum Gasteiger partial charge on any atom is -0.496 e. The van der Waals surface area contributed by atoms with Crippen molar-refractivity contribution >= 4 is 9.84 Å². The molecule has 0 amide bonds. The summed E-state index contributed by atoms with van der Waals surface area (Å²) in [5.41, 5.74) is 1.04. The molecule has 0 atom stereocenters. The van der Waals surface area contributed by atoms with Gasteiger partial charge in [0.2, 0.25) is 0 Å². The molecule has 1 aromatic rings. The van der Waals surface area contributed by atoms with Crippen LogP contribution in [0.1, 0.15) is 31.4 Å². The molecule has 0 unspecified atom stereocenters. The lowest BCUT2D eigenvalue weighted by atomic mass is 9.93. The van der Waals surface area contributed by atoms with Gasteiger partial charge in [-0.25, -0.2) is 8.42 Å². The monoisotopic (exact) mass is 295 g/mol. The molecule has 1 aromatic carbocycles. The molecule has 0 saturated carbocycles. The van der Waals surface area contributed by atoms with E-state index in [0.717, 1.165) is 5.56 Å². The van der Waals surface area contributed by atoms with Crippen LogP contribution < -0.4 is 4.74 Å². The topological polar surface area (TPSA) is 67.2 Å². The molecule has 20 heavy (non-hydrogen) atoms. The first kappa shape index (κ1) is 16.5. The van der Waals surface area contributed by atoms with Crippen LogP contribution in [0.15, 0.2) is 18.2 Å². The number of aryl methyl sites for hydroxylation is 1. The van der Waals surface area contributed by atoms with E-state index in [1.54, 1.807) is 19.9 Å². The zero-order chi connectivity index (χ0) is 15.4. The summed E-state index contributed by atoms with van der Waals surface area (Å²) in [4.78, 5) is 0. The Hall–Kier alpha value is -1.54. The van der Waals surface area contributed by atoms with E-state index in [0.29, 0.717) is 17.7 Å². The summed E-state index contributed by atoms with van der Waals surface area (Å²) in [6, 6.07) is 7.61. The molecule has 0 aliphatic rings. The number of methoxy groups -OCH3 is 1. The van der Waals surface area contributed by atoms with E-state index >= 15 is 0 Å². The average molecular weight is 295 g/mol. The summed E-state index contributed by atoms with van der Waals surface area (Å²) in [7, 11) is -1.73. The molecule has 5 heteroatoms. The molecule has 0 bridgehead atoms. The van der Waals surface area contributed by atoms with Gasteiger partial charge in [0.15, 0.2) is 9.84 Å². The number of hydrogen-bond acceptors (Lipinski definition) is 4. The van der Waals surface area contributed by atoms with Crippen molar-refractivity contribution in [2.24, 2.45) is 5.41 Å². The minimum absolute atomic E-state index is 0.00462. The standard InChI is InChI=1S/C15H21NO3S/c1-12-5-6-14(19-4)13(9-12)10-20(17,18)8-7-15(2,3)11-16/h5-6,9H,7-8,10H2,1-4H3. The zero-order valence-electron chi connectivity index (χ0n) is 12.4. The number of ether oxygens (including phenoxy) is 1. The van der Waals surface area contributed by atoms with Gasteiger partial charge in [-0.15, -0.1) is 0 Å². The number of nitriles is 1. The molecule has 0 aliphatic carbocycles. The maximum Gasteiger partial charge on any atom is 0.154 e. The molecule has 110 valence electrons. The highest BCUT2D eigenvalue weighted by atomic mass is 32.2. The molecule has 0 fully saturated rings. The van der Waals surface area contributed by atoms with Crippen LogP contribution in [0, 0.1) is 23.7 Å². The Labute approximate surface area is 121 Å². The van der Waals surface area contributed by atoms with Gasteiger partial charge >= 0.3 is 0 Å². The minimum atomic E-state index is -3.26. The van der Waals surface area contributed by atoms with Gasteiger partial charge in [-0.2, -0.15) is 5.26 Å². The molecule has 0 aliphatic heterocycles. The average Bonchev–Trinajstić information content (AvgIpc) is 2.37. The molecule has 4 nitrogen and oxygen atoms in total. The molecule has 0 heterocycles. The van der Waals surface area contributed by atoms with Crippen molar-refractivity contribution in [3.8, 4) is 11.8 Å². The van der Waals surface area contributed by atoms with Crippen LogP contribution in [-0.4, -0.2) is 21.3 Å². The van der Waals surface area contributed by atoms with E-state index in [1.165, 1.54) is 7.11 Å². The highest BCUT2D eigenvalue weighted by Gasteiger charge is 2.22. The van der Waals surface area contributed by atoms with Crippen molar-refractivity contribution < 1.29 is 13.2 Å². The van der Waals surface area contributed by atoms with E-state index in [4.69, 9.17) is 10.00 Å². The SMILES string of the molecule is COc1ccc(C)cc1CS(=O)(=O)CCC(C)(C)C#N. The number of sulfone groups is 1. The summed E-state index contributed by atoms with van der Waals surface area (Å²) in [5, 5.41) is 8.93. The maximum absolute atomic E-state index is 12.2. The van der Waals surface area contributed by atoms with Crippen LogP contribution in [0.4, 0.5) is 0 Å². The van der Waals surface area contributed by atoms with Crippen molar-refractivity contribution in [1.29, 1.82) is 5.26 Å². The highest BCUT2D eigenvalue weighted by molar-refractivity contribution is 7.90. The summed E-state index contributed by atoms with van der Waals surface area (Å²) in [6.07, 6.45) is 0.333. The van der Waals surface area contributed by atoms with E-state index < -0.39 is 15.3 Å². The van der Waals surface area contributed by atoms with Gasteiger partial charge < -0.3 is 4.74 Å². The quantitative estimate of drug-likeness (QED) is 0.809. The Balaban J connectivity index is 2.87. The van der Waals surface area contributed by atoms with E-state index in [2.05, 4.69) is 6.07 Å². The number of benzene rings is 1. The molecule has 0 radical (unpaired) electrons. The summed E-state index contributed by atoms with van der Waals surface area (Å²) < 4.78 is 29.6. The van der Waals surface area contributed by atoms with Gasteiger partial charge in [0.1, 0.15) is 5.75 Å². The summed E-state index contributed by atoms with van der Waals surface area (Å²) in [6.45, 7) is 5.40. The first-order valence-electron chi connectivity index (χ1n) is 6.44. The van der Waals surface area contributed by atoms with Gasteiger partial charge in [0, 0.05) is 5.56 Å². The van der Waals surface area contributed by atoms with Crippen molar-refractivity contribution in [3.05, 3.63) is 29.3 Å². The summed E-state index contributed by atoms with van der Waals surface area (Å²) in [5.74, 6) is 0.531. The van der Waals surface area contributed by atoms with Crippen LogP contribution in [-0.2, 0) is 15.6 Å². The number of hydrogen-bond donors (Lipinski definition) is 0. The van der Waals surface area contributed by atoms with Crippen molar-refractivity contribution in [2.75, 3.05) is 12.9 Å². The third-order valence-electron chi connectivity index (χ3n) is 3.15. The van der Waals surface area contributed by atoms with Crippen molar-refractivity contribution in [2.45, 2.75) is 32.9 Å². The molecule has 0 N–H and O–H groups in total. The van der Waals surface area contributed by atoms with Crippen LogP contribution in [0.5, 0.6) is 5.75 Å². The highest BCUT2D eigenvalue weighted by Crippen LogP contribution is 2.24. The third kappa shape index (κ3) is 4.86. The van der Waals surface area contributed by atoms with Gasteiger partial charge in [-0.3, -0.25) is 0 Å². The first-order valence-corrected chi connectivity index (χ1v) is 8.26. The van der Waals surface area contributed by atoms with Crippen LogP contribution in [0.2, 0.25) is 0 Å². The van der Waals surface area contributed by atoms with E-state index in [-0.39, 0.29) is 11.5 Å². The van der Waals surface area contributed by atoms with Gasteiger partial charge in [0.25, 0.3) is 0 Å². The molecule has 0 spiro atoms. The lowest BCUT2D eigenvalue weighted by Crippen LogP contribution is -2.17. The second-order valence-corrected chi connectivity index (χ2v) is 7.84. The zero-order valence-corrected chi connectivity index (χ0v) is 13.3. The molecule has 0 saturated heterocycles. The summed E-state index contributed by atoms with van der Waals surface area (Å²) >= 11 is 0. The maximum atomic E-state index is 12.2. The van der Waals surface area contributed by atoms with Gasteiger partial charge in [-0.1, -0.05) is 17.7 Å². The largest absolute Gasteiger partial charge is 0.496 e. The van der Waals surface area contributed by atoms with Crippen LogP contribution in [0.25, 0.3) is 0 Å². The molecular formula is C15H21NO3S. The Morgan fingerprint density at radius 3 is 2.55 bits per heavy atom. The first-order chi connectivity index (χ1) is 9.19. The molecular weight excluding hydrogens is 274 g/mol. The Kier molecular flexibility index (Phi) is 5.18. The van der Waals surface area contributed by atoms with Crippen molar-refractivity contribution in [3.63, 3.8) is 0 Å². The second kappa shape index (κ2) is 6.27. The van der Waals surface area contributed by atoms with Crippen LogP contribution in [0.3, 0.4) is 0 Å². The van der Waals surface area contributed by atoms with Crippen molar-refractivity contribution in [1.82, 2.24) is 0 Å². The lowest BCUT2D eigenvalue weighted by molar-refractivity contribution is 0.410. The Bertz CT molecular complexity index is 612. The normalized spacial score (nSPS) is 11.9. The smallest absolute Gasteiger partial charge is 0.154 e.